The minimum Gasteiger partial charge on any atom is -0.493 e. The molecule has 0 saturated carbocycles. The number of rotatable bonds is 9. The second-order valence-electron chi connectivity index (χ2n) is 4.31. The second-order valence-corrected chi connectivity index (χ2v) is 5.10. The van der Waals surface area contributed by atoms with E-state index in [1.165, 1.54) is 12.8 Å². The Hall–Kier alpha value is -0.810. The Morgan fingerprint density at radius 2 is 2.05 bits per heavy atom. The van der Waals surface area contributed by atoms with Crippen molar-refractivity contribution in [2.24, 2.45) is 0 Å². The molecular weight excluding hydrogens is 308 g/mol. The third kappa shape index (κ3) is 4.99. The van der Waals surface area contributed by atoms with Crippen LogP contribution < -0.4 is 9.47 Å². The SMILES string of the molecule is CCCCN(CCBr)Cc1nccc(OC)c1OC. The number of nitrogens with zero attached hydrogens (tertiary/aromatic N) is 2. The number of aromatic nitrogens is 1. The Bertz CT molecular complexity index is 374. The monoisotopic (exact) mass is 330 g/mol. The lowest BCUT2D eigenvalue weighted by atomic mass is 10.2. The molecule has 0 radical (unpaired) electrons. The van der Waals surface area contributed by atoms with Gasteiger partial charge in [0.25, 0.3) is 0 Å². The molecule has 0 atom stereocenters. The van der Waals surface area contributed by atoms with Crippen molar-refractivity contribution in [2.75, 3.05) is 32.6 Å². The molecule has 5 heteroatoms. The highest BCUT2D eigenvalue weighted by Gasteiger charge is 2.14. The average Bonchev–Trinajstić information content (AvgIpc) is 2.44. The molecule has 0 N–H and O–H groups in total. The molecular formula is C14H23BrN2O2. The van der Waals surface area contributed by atoms with Crippen LogP contribution in [0.5, 0.6) is 11.5 Å². The van der Waals surface area contributed by atoms with Gasteiger partial charge in [-0.25, -0.2) is 0 Å². The van der Waals surface area contributed by atoms with E-state index in [0.717, 1.165) is 42.2 Å². The van der Waals surface area contributed by atoms with Gasteiger partial charge in [0.15, 0.2) is 11.5 Å². The summed E-state index contributed by atoms with van der Waals surface area (Å²) in [4.78, 5) is 6.80. The predicted octanol–water partition coefficient (Wildman–Crippen LogP) is 3.10. The first-order valence-corrected chi connectivity index (χ1v) is 7.73. The normalized spacial score (nSPS) is 10.8. The third-order valence-corrected chi connectivity index (χ3v) is 3.32. The Labute approximate surface area is 124 Å². The maximum atomic E-state index is 5.42. The zero-order valence-corrected chi connectivity index (χ0v) is 13.6. The number of hydrogen-bond donors (Lipinski definition) is 0. The van der Waals surface area contributed by atoms with Gasteiger partial charge in [-0.3, -0.25) is 9.88 Å². The van der Waals surface area contributed by atoms with E-state index < -0.39 is 0 Å². The van der Waals surface area contributed by atoms with Crippen LogP contribution in [-0.2, 0) is 6.54 Å². The van der Waals surface area contributed by atoms with Gasteiger partial charge in [0, 0.05) is 30.7 Å². The zero-order chi connectivity index (χ0) is 14.1. The number of methoxy groups -OCH3 is 2. The smallest absolute Gasteiger partial charge is 0.183 e. The van der Waals surface area contributed by atoms with Crippen LogP contribution in [0.3, 0.4) is 0 Å². The van der Waals surface area contributed by atoms with Gasteiger partial charge in [0.2, 0.25) is 0 Å². The van der Waals surface area contributed by atoms with E-state index in [4.69, 9.17) is 9.47 Å². The molecule has 0 aliphatic heterocycles. The van der Waals surface area contributed by atoms with Gasteiger partial charge in [-0.2, -0.15) is 0 Å². The molecule has 1 aromatic rings. The van der Waals surface area contributed by atoms with Crippen molar-refractivity contribution in [3.8, 4) is 11.5 Å². The maximum Gasteiger partial charge on any atom is 0.183 e. The molecule has 1 rings (SSSR count). The summed E-state index contributed by atoms with van der Waals surface area (Å²) >= 11 is 3.50. The molecule has 0 fully saturated rings. The summed E-state index contributed by atoms with van der Waals surface area (Å²) in [6.45, 7) is 5.06. The maximum absolute atomic E-state index is 5.42. The highest BCUT2D eigenvalue weighted by molar-refractivity contribution is 9.09. The van der Waals surface area contributed by atoms with Gasteiger partial charge in [-0.15, -0.1) is 0 Å². The van der Waals surface area contributed by atoms with Gasteiger partial charge >= 0.3 is 0 Å². The molecule has 0 aromatic carbocycles. The van der Waals surface area contributed by atoms with Crippen molar-refractivity contribution in [1.29, 1.82) is 0 Å². The summed E-state index contributed by atoms with van der Waals surface area (Å²) in [6, 6.07) is 1.82. The lowest BCUT2D eigenvalue weighted by molar-refractivity contribution is 0.266. The molecule has 1 aromatic heterocycles. The number of unbranched alkanes of at least 4 members (excludes halogenated alkanes) is 1. The van der Waals surface area contributed by atoms with Gasteiger partial charge in [0.05, 0.1) is 14.2 Å². The quantitative estimate of drug-likeness (QED) is 0.651. The predicted molar refractivity (Wildman–Crippen MR) is 81.3 cm³/mol. The Morgan fingerprint density at radius 3 is 2.63 bits per heavy atom. The van der Waals surface area contributed by atoms with E-state index in [0.29, 0.717) is 0 Å². The number of ether oxygens (including phenoxy) is 2. The van der Waals surface area contributed by atoms with Crippen LogP contribution in [0.1, 0.15) is 25.5 Å². The fraction of sp³-hybridized carbons (Fsp3) is 0.643. The number of pyridine rings is 1. The first-order chi connectivity index (χ1) is 9.26. The van der Waals surface area contributed by atoms with E-state index in [1.807, 2.05) is 6.07 Å². The minimum atomic E-state index is 0.737. The molecule has 4 nitrogen and oxygen atoms in total. The van der Waals surface area contributed by atoms with E-state index in [9.17, 15) is 0 Å². The molecule has 0 aliphatic carbocycles. The van der Waals surface area contributed by atoms with Crippen molar-refractivity contribution < 1.29 is 9.47 Å². The van der Waals surface area contributed by atoms with Crippen molar-refractivity contribution in [2.45, 2.75) is 26.3 Å². The standard InChI is InChI=1S/C14H23BrN2O2/c1-4-5-9-17(10-7-15)11-12-14(19-3)13(18-2)6-8-16-12/h6,8H,4-5,7,9-11H2,1-3H3. The highest BCUT2D eigenvalue weighted by Crippen LogP contribution is 2.29. The van der Waals surface area contributed by atoms with Crippen molar-refractivity contribution in [3.63, 3.8) is 0 Å². The van der Waals surface area contributed by atoms with Crippen molar-refractivity contribution >= 4 is 15.9 Å². The number of alkyl halides is 1. The Kier molecular flexibility index (Phi) is 7.82. The van der Waals surface area contributed by atoms with Crippen LogP contribution in [-0.4, -0.2) is 42.5 Å². The molecule has 0 amide bonds. The summed E-state index contributed by atoms with van der Waals surface area (Å²) in [7, 11) is 3.30. The second kappa shape index (κ2) is 9.15. The number of halogens is 1. The molecule has 0 bridgehead atoms. The summed E-state index contributed by atoms with van der Waals surface area (Å²) in [6.07, 6.45) is 4.16. The van der Waals surface area contributed by atoms with Gasteiger partial charge in [-0.05, 0) is 13.0 Å². The van der Waals surface area contributed by atoms with Crippen LogP contribution >= 0.6 is 15.9 Å². The summed E-state index contributed by atoms with van der Waals surface area (Å²) < 4.78 is 10.7. The molecule has 0 aliphatic rings. The molecule has 1 heterocycles. The lowest BCUT2D eigenvalue weighted by Gasteiger charge is -2.22. The molecule has 0 saturated heterocycles. The van der Waals surface area contributed by atoms with Gasteiger partial charge < -0.3 is 9.47 Å². The lowest BCUT2D eigenvalue weighted by Crippen LogP contribution is -2.27. The minimum absolute atomic E-state index is 0.737. The fourth-order valence-electron chi connectivity index (χ4n) is 1.95. The molecule has 0 spiro atoms. The van der Waals surface area contributed by atoms with E-state index in [-0.39, 0.29) is 0 Å². The topological polar surface area (TPSA) is 34.6 Å². The molecule has 0 unspecified atom stereocenters. The average molecular weight is 331 g/mol. The molecule has 19 heavy (non-hydrogen) atoms. The Morgan fingerprint density at radius 1 is 1.26 bits per heavy atom. The van der Waals surface area contributed by atoms with Crippen LogP contribution in [0.15, 0.2) is 12.3 Å². The number of hydrogen-bond acceptors (Lipinski definition) is 4. The first-order valence-electron chi connectivity index (χ1n) is 6.61. The van der Waals surface area contributed by atoms with Crippen LogP contribution in [0.2, 0.25) is 0 Å². The summed E-state index contributed by atoms with van der Waals surface area (Å²) in [5.74, 6) is 1.47. The Balaban J connectivity index is 2.82. The summed E-state index contributed by atoms with van der Waals surface area (Å²) in [5.41, 5.74) is 0.930. The third-order valence-electron chi connectivity index (χ3n) is 2.97. The van der Waals surface area contributed by atoms with Crippen LogP contribution in [0, 0.1) is 0 Å². The first kappa shape index (κ1) is 16.2. The van der Waals surface area contributed by atoms with E-state index in [1.54, 1.807) is 20.4 Å². The fourth-order valence-corrected chi connectivity index (χ4v) is 2.45. The summed E-state index contributed by atoms with van der Waals surface area (Å²) in [5, 5.41) is 0.961. The van der Waals surface area contributed by atoms with Crippen molar-refractivity contribution in [3.05, 3.63) is 18.0 Å². The largest absolute Gasteiger partial charge is 0.493 e. The van der Waals surface area contributed by atoms with Crippen molar-refractivity contribution in [1.82, 2.24) is 9.88 Å². The van der Waals surface area contributed by atoms with Gasteiger partial charge in [-0.1, -0.05) is 29.3 Å². The van der Waals surface area contributed by atoms with Crippen LogP contribution in [0.4, 0.5) is 0 Å². The van der Waals surface area contributed by atoms with E-state index in [2.05, 4.69) is 32.7 Å². The zero-order valence-electron chi connectivity index (χ0n) is 12.0. The van der Waals surface area contributed by atoms with E-state index >= 15 is 0 Å². The van der Waals surface area contributed by atoms with Crippen LogP contribution in [0.25, 0.3) is 0 Å². The molecule has 108 valence electrons. The highest BCUT2D eigenvalue weighted by atomic mass is 79.9. The van der Waals surface area contributed by atoms with Gasteiger partial charge in [0.1, 0.15) is 5.69 Å².